The van der Waals surface area contributed by atoms with Gasteiger partial charge in [0, 0.05) is 19.0 Å². The zero-order chi connectivity index (χ0) is 11.5. The quantitative estimate of drug-likeness (QED) is 0.759. The van der Waals surface area contributed by atoms with E-state index in [0.717, 1.165) is 0 Å². The van der Waals surface area contributed by atoms with Crippen LogP contribution in [0, 0.1) is 0 Å². The van der Waals surface area contributed by atoms with E-state index in [2.05, 4.69) is 0 Å². The van der Waals surface area contributed by atoms with Crippen LogP contribution < -0.4 is 0 Å². The first-order chi connectivity index (χ1) is 6.87. The predicted octanol–water partition coefficient (Wildman–Crippen LogP) is 0.792. The van der Waals surface area contributed by atoms with E-state index in [4.69, 9.17) is 11.6 Å². The van der Waals surface area contributed by atoms with E-state index in [0.29, 0.717) is 32.4 Å². The van der Waals surface area contributed by atoms with Crippen LogP contribution in [0.25, 0.3) is 0 Å². The summed E-state index contributed by atoms with van der Waals surface area (Å²) in [5.74, 6) is 0.103. The fourth-order valence-electron chi connectivity index (χ4n) is 1.74. The van der Waals surface area contributed by atoms with Gasteiger partial charge in [0.25, 0.3) is 0 Å². The third kappa shape index (κ3) is 3.90. The number of aliphatic hydroxyl groups is 1. The third-order valence-electron chi connectivity index (χ3n) is 2.75. The van der Waals surface area contributed by atoms with E-state index < -0.39 is 15.6 Å². The van der Waals surface area contributed by atoms with E-state index in [1.807, 2.05) is 0 Å². The molecule has 1 aliphatic heterocycles. The number of rotatable bonds is 3. The normalized spacial score (nSPS) is 30.1. The molecular weight excluding hydrogens is 238 g/mol. The van der Waals surface area contributed by atoms with E-state index in [9.17, 15) is 13.5 Å². The lowest BCUT2D eigenvalue weighted by molar-refractivity contribution is 0.0465. The number of sulfonamides is 1. The molecule has 0 aliphatic carbocycles. The summed E-state index contributed by atoms with van der Waals surface area (Å²) in [7, 11) is -3.22. The zero-order valence-electron chi connectivity index (χ0n) is 8.95. The van der Waals surface area contributed by atoms with E-state index in [1.54, 1.807) is 6.92 Å². The van der Waals surface area contributed by atoms with Crippen molar-refractivity contribution in [3.05, 3.63) is 0 Å². The van der Waals surface area contributed by atoms with Gasteiger partial charge in [0.1, 0.15) is 0 Å². The van der Waals surface area contributed by atoms with Gasteiger partial charge in [-0.25, -0.2) is 12.7 Å². The molecule has 90 valence electrons. The second-order valence-corrected chi connectivity index (χ2v) is 6.72. The maximum Gasteiger partial charge on any atom is 0.215 e. The van der Waals surface area contributed by atoms with Crippen molar-refractivity contribution in [1.82, 2.24) is 4.31 Å². The Labute approximate surface area is 96.3 Å². The smallest absolute Gasteiger partial charge is 0.215 e. The van der Waals surface area contributed by atoms with Gasteiger partial charge >= 0.3 is 0 Å². The minimum atomic E-state index is -3.22. The van der Waals surface area contributed by atoms with Crippen molar-refractivity contribution in [1.29, 1.82) is 0 Å². The van der Waals surface area contributed by atoms with Gasteiger partial charge in [-0.3, -0.25) is 0 Å². The number of alkyl halides is 1. The molecule has 1 saturated heterocycles. The van der Waals surface area contributed by atoms with Gasteiger partial charge in [-0.2, -0.15) is 0 Å². The number of halogens is 1. The first-order valence-corrected chi connectivity index (χ1v) is 7.28. The Morgan fingerprint density at radius 3 is 2.67 bits per heavy atom. The molecule has 0 aromatic carbocycles. The van der Waals surface area contributed by atoms with E-state index >= 15 is 0 Å². The Hall–Kier alpha value is 0.160. The lowest BCUT2D eigenvalue weighted by atomic mass is 9.98. The Bertz CT molecular complexity index is 302. The highest BCUT2D eigenvalue weighted by Gasteiger charge is 2.29. The van der Waals surface area contributed by atoms with Crippen LogP contribution >= 0.6 is 11.6 Å². The van der Waals surface area contributed by atoms with Crippen LogP contribution in [0.2, 0.25) is 0 Å². The molecule has 1 rings (SSSR count). The highest BCUT2D eigenvalue weighted by Crippen LogP contribution is 2.22. The maximum atomic E-state index is 11.7. The molecule has 0 bridgehead atoms. The number of hydrogen-bond donors (Lipinski definition) is 1. The molecule has 0 aromatic heterocycles. The summed E-state index contributed by atoms with van der Waals surface area (Å²) in [5, 5.41) is 9.82. The first kappa shape index (κ1) is 13.2. The van der Waals surface area contributed by atoms with Crippen molar-refractivity contribution in [3.8, 4) is 0 Å². The monoisotopic (exact) mass is 255 g/mol. The van der Waals surface area contributed by atoms with Gasteiger partial charge in [0.15, 0.2) is 0 Å². The highest BCUT2D eigenvalue weighted by atomic mass is 35.5. The van der Waals surface area contributed by atoms with Crippen molar-refractivity contribution in [2.45, 2.75) is 31.8 Å². The fourth-order valence-corrected chi connectivity index (χ4v) is 3.56. The molecule has 1 heterocycles. The molecule has 6 heteroatoms. The minimum Gasteiger partial charge on any atom is -0.390 e. The molecule has 0 saturated carbocycles. The molecule has 1 N–H and O–H groups in total. The van der Waals surface area contributed by atoms with Crippen LogP contribution in [0.5, 0.6) is 0 Å². The molecule has 0 radical (unpaired) electrons. The molecule has 1 fully saturated rings. The Kier molecular flexibility index (Phi) is 4.40. The van der Waals surface area contributed by atoms with Gasteiger partial charge in [0.2, 0.25) is 10.0 Å². The molecule has 1 unspecified atom stereocenters. The summed E-state index contributed by atoms with van der Waals surface area (Å²) in [6.07, 6.45) is 1.85. The first-order valence-electron chi connectivity index (χ1n) is 5.14. The summed E-state index contributed by atoms with van der Waals surface area (Å²) in [6.45, 7) is 2.65. The fraction of sp³-hybridized carbons (Fsp3) is 1.00. The summed E-state index contributed by atoms with van der Waals surface area (Å²) >= 11 is 5.45. The molecule has 1 aliphatic rings. The average Bonchev–Trinajstić information content (AvgIpc) is 2.26. The van der Waals surface area contributed by atoms with Gasteiger partial charge < -0.3 is 5.11 Å². The van der Waals surface area contributed by atoms with Crippen LogP contribution in [0.15, 0.2) is 0 Å². The molecular formula is C9H18ClNO3S. The Morgan fingerprint density at radius 1 is 1.40 bits per heavy atom. The highest BCUT2D eigenvalue weighted by molar-refractivity contribution is 7.89. The van der Waals surface area contributed by atoms with E-state index in [-0.39, 0.29) is 11.6 Å². The standard InChI is InChI=1S/C9H18ClNO3S/c1-9(12)3-2-6-11(7-4-9)15(13,14)8-5-10/h12H,2-8H2,1H3. The third-order valence-corrected chi connectivity index (χ3v) is 5.04. The summed E-state index contributed by atoms with van der Waals surface area (Å²) in [4.78, 5) is 0. The maximum absolute atomic E-state index is 11.7. The van der Waals surface area contributed by atoms with Gasteiger partial charge in [0.05, 0.1) is 11.4 Å². The lowest BCUT2D eigenvalue weighted by Crippen LogP contribution is -2.35. The molecule has 0 spiro atoms. The van der Waals surface area contributed by atoms with Gasteiger partial charge in [-0.1, -0.05) is 0 Å². The Morgan fingerprint density at radius 2 is 2.07 bits per heavy atom. The van der Waals surface area contributed by atoms with Crippen LogP contribution in [-0.4, -0.2) is 48.2 Å². The average molecular weight is 256 g/mol. The van der Waals surface area contributed by atoms with Crippen LogP contribution in [0.4, 0.5) is 0 Å². The van der Waals surface area contributed by atoms with Crippen molar-refractivity contribution in [3.63, 3.8) is 0 Å². The molecule has 4 nitrogen and oxygen atoms in total. The topological polar surface area (TPSA) is 57.6 Å². The molecule has 0 amide bonds. The van der Waals surface area contributed by atoms with Crippen molar-refractivity contribution in [2.24, 2.45) is 0 Å². The lowest BCUT2D eigenvalue weighted by Gasteiger charge is -2.21. The summed E-state index contributed by atoms with van der Waals surface area (Å²) in [5.41, 5.74) is -0.731. The zero-order valence-corrected chi connectivity index (χ0v) is 10.5. The van der Waals surface area contributed by atoms with Crippen molar-refractivity contribution >= 4 is 21.6 Å². The largest absolute Gasteiger partial charge is 0.390 e. The molecule has 0 aromatic rings. The van der Waals surface area contributed by atoms with Gasteiger partial charge in [-0.05, 0) is 26.2 Å². The van der Waals surface area contributed by atoms with Crippen LogP contribution in [-0.2, 0) is 10.0 Å². The molecule has 1 atom stereocenters. The summed E-state index contributed by atoms with van der Waals surface area (Å²) in [6, 6.07) is 0. The van der Waals surface area contributed by atoms with Crippen LogP contribution in [0.3, 0.4) is 0 Å². The SMILES string of the molecule is CC1(O)CCCN(S(=O)(=O)CCCl)CC1. The second-order valence-electron chi connectivity index (χ2n) is 4.25. The van der Waals surface area contributed by atoms with Crippen molar-refractivity contribution < 1.29 is 13.5 Å². The van der Waals surface area contributed by atoms with Gasteiger partial charge in [-0.15, -0.1) is 11.6 Å². The second kappa shape index (κ2) is 4.99. The Balaban J connectivity index is 2.66. The van der Waals surface area contributed by atoms with Crippen LogP contribution in [0.1, 0.15) is 26.2 Å². The van der Waals surface area contributed by atoms with E-state index in [1.165, 1.54) is 4.31 Å². The number of nitrogens with zero attached hydrogens (tertiary/aromatic N) is 1. The summed E-state index contributed by atoms with van der Waals surface area (Å²) < 4.78 is 24.9. The molecule has 15 heavy (non-hydrogen) atoms. The minimum absolute atomic E-state index is 0.0172. The predicted molar refractivity (Wildman–Crippen MR) is 60.6 cm³/mol. The van der Waals surface area contributed by atoms with Crippen molar-refractivity contribution in [2.75, 3.05) is 24.7 Å². The number of hydrogen-bond acceptors (Lipinski definition) is 3.